The van der Waals surface area contributed by atoms with E-state index in [-0.39, 0.29) is 0 Å². The van der Waals surface area contributed by atoms with Crippen molar-refractivity contribution in [3.63, 3.8) is 0 Å². The van der Waals surface area contributed by atoms with Gasteiger partial charge in [0.15, 0.2) is 11.2 Å². The van der Waals surface area contributed by atoms with Crippen LogP contribution in [0.3, 0.4) is 0 Å². The second kappa shape index (κ2) is 6.77. The maximum absolute atomic E-state index is 13.0. The summed E-state index contributed by atoms with van der Waals surface area (Å²) in [4.78, 5) is 0. The highest BCUT2D eigenvalue weighted by Gasteiger charge is 2.60. The minimum Gasteiger partial charge on any atom is -0.377 e. The molecule has 2 N–H and O–H groups in total. The summed E-state index contributed by atoms with van der Waals surface area (Å²) in [6.07, 6.45) is 0. The first-order valence-corrected chi connectivity index (χ1v) is 11.6. The minimum absolute atomic E-state index is 0.699. The van der Waals surface area contributed by atoms with Crippen LogP contribution < -0.4 is 0 Å². The summed E-state index contributed by atoms with van der Waals surface area (Å²) in [6.45, 7) is 0. The summed E-state index contributed by atoms with van der Waals surface area (Å²) in [6, 6.07) is 39.9. The number of hydrogen-bond acceptors (Lipinski definition) is 2. The molecule has 0 aliphatic heterocycles. The summed E-state index contributed by atoms with van der Waals surface area (Å²) in [7, 11) is 0. The Balaban J connectivity index is 1.69. The molecular weight excluding hydrogens is 416 g/mol. The second-order valence-corrected chi connectivity index (χ2v) is 9.18. The fourth-order valence-electron chi connectivity index (χ4n) is 6.10. The maximum atomic E-state index is 13.0. The van der Waals surface area contributed by atoms with E-state index in [9.17, 15) is 10.2 Å². The molecule has 0 aromatic heterocycles. The van der Waals surface area contributed by atoms with Gasteiger partial charge in [-0.1, -0.05) is 121 Å². The Hall–Kier alpha value is -3.98. The first-order chi connectivity index (χ1) is 16.6. The Bertz CT molecular complexity index is 1620. The van der Waals surface area contributed by atoms with Gasteiger partial charge in [0.05, 0.1) is 0 Å². The molecule has 7 rings (SSSR count). The van der Waals surface area contributed by atoms with E-state index in [4.69, 9.17) is 0 Å². The predicted octanol–water partition coefficient (Wildman–Crippen LogP) is 6.63. The van der Waals surface area contributed by atoms with Crippen molar-refractivity contribution in [2.24, 2.45) is 0 Å². The minimum atomic E-state index is -1.69. The molecule has 6 aromatic carbocycles. The maximum Gasteiger partial charge on any atom is 0.153 e. The van der Waals surface area contributed by atoms with Crippen molar-refractivity contribution < 1.29 is 10.2 Å². The van der Waals surface area contributed by atoms with Crippen molar-refractivity contribution in [2.75, 3.05) is 0 Å². The van der Waals surface area contributed by atoms with E-state index in [0.29, 0.717) is 11.1 Å². The molecule has 0 radical (unpaired) electrons. The van der Waals surface area contributed by atoms with Gasteiger partial charge in [0.2, 0.25) is 0 Å². The lowest BCUT2D eigenvalue weighted by Crippen LogP contribution is -2.48. The zero-order valence-electron chi connectivity index (χ0n) is 18.4. The van der Waals surface area contributed by atoms with Crippen molar-refractivity contribution in [2.45, 2.75) is 11.2 Å². The lowest BCUT2D eigenvalue weighted by molar-refractivity contribution is -0.103. The van der Waals surface area contributed by atoms with Crippen LogP contribution in [-0.2, 0) is 11.2 Å². The van der Waals surface area contributed by atoms with Crippen molar-refractivity contribution >= 4 is 32.3 Å². The molecule has 0 bridgehead atoms. The highest BCUT2D eigenvalue weighted by atomic mass is 16.4. The molecule has 1 aliphatic rings. The third kappa shape index (κ3) is 2.27. The Morgan fingerprint density at radius 3 is 1.18 bits per heavy atom. The molecule has 0 unspecified atom stereocenters. The molecule has 0 saturated heterocycles. The van der Waals surface area contributed by atoms with Crippen molar-refractivity contribution in [3.05, 3.63) is 144 Å². The van der Waals surface area contributed by atoms with Gasteiger partial charge in [0.1, 0.15) is 0 Å². The zero-order chi connectivity index (χ0) is 22.9. The van der Waals surface area contributed by atoms with E-state index in [1.54, 1.807) is 0 Å². The van der Waals surface area contributed by atoms with Crippen LogP contribution in [-0.4, -0.2) is 10.2 Å². The Labute approximate surface area is 197 Å². The zero-order valence-corrected chi connectivity index (χ0v) is 18.4. The smallest absolute Gasteiger partial charge is 0.153 e. The molecule has 162 valence electrons. The van der Waals surface area contributed by atoms with Crippen LogP contribution in [0, 0.1) is 0 Å². The van der Waals surface area contributed by atoms with E-state index in [0.717, 1.165) is 43.4 Å². The molecule has 1 aliphatic carbocycles. The van der Waals surface area contributed by atoms with Crippen molar-refractivity contribution in [1.82, 2.24) is 0 Å². The highest BCUT2D eigenvalue weighted by Crippen LogP contribution is 2.59. The number of fused-ring (bicyclic) bond motifs is 2. The van der Waals surface area contributed by atoms with E-state index >= 15 is 0 Å². The van der Waals surface area contributed by atoms with Gasteiger partial charge >= 0.3 is 0 Å². The third-order valence-electron chi connectivity index (χ3n) is 7.57. The summed E-state index contributed by atoms with van der Waals surface area (Å²) in [5, 5.41) is 31.8. The molecule has 2 heteroatoms. The lowest BCUT2D eigenvalue weighted by atomic mass is 9.69. The van der Waals surface area contributed by atoms with E-state index < -0.39 is 11.2 Å². The quantitative estimate of drug-likeness (QED) is 0.318. The van der Waals surface area contributed by atoms with Crippen molar-refractivity contribution in [1.29, 1.82) is 0 Å². The molecular formula is C32H22O2. The molecule has 0 saturated carbocycles. The Morgan fingerprint density at radius 1 is 0.353 bits per heavy atom. The molecule has 6 aromatic rings. The van der Waals surface area contributed by atoms with E-state index in [1.165, 1.54) is 0 Å². The van der Waals surface area contributed by atoms with Gasteiger partial charge in [0.25, 0.3) is 0 Å². The normalized spacial score (nSPS) is 21.5. The van der Waals surface area contributed by atoms with Crippen LogP contribution in [0.1, 0.15) is 22.3 Å². The van der Waals surface area contributed by atoms with Crippen molar-refractivity contribution in [3.8, 4) is 0 Å². The SMILES string of the molecule is O[C@@]1(c2cccc3ccccc23)c2cccc3cccc(c23)[C@@]1(O)c1cccc2ccccc12. The van der Waals surface area contributed by atoms with Gasteiger partial charge in [-0.3, -0.25) is 0 Å². The van der Waals surface area contributed by atoms with Gasteiger partial charge in [-0.15, -0.1) is 0 Å². The molecule has 0 fully saturated rings. The summed E-state index contributed by atoms with van der Waals surface area (Å²) in [5.74, 6) is 0. The third-order valence-corrected chi connectivity index (χ3v) is 7.57. The Kier molecular flexibility index (Phi) is 3.88. The second-order valence-electron chi connectivity index (χ2n) is 9.18. The van der Waals surface area contributed by atoms with Crippen LogP contribution in [0.25, 0.3) is 32.3 Å². The number of hydrogen-bond donors (Lipinski definition) is 2. The largest absolute Gasteiger partial charge is 0.377 e. The molecule has 2 nitrogen and oxygen atoms in total. The number of aliphatic hydroxyl groups is 2. The summed E-state index contributed by atoms with van der Waals surface area (Å²) >= 11 is 0. The number of benzene rings is 6. The topological polar surface area (TPSA) is 40.5 Å². The molecule has 0 amide bonds. The summed E-state index contributed by atoms with van der Waals surface area (Å²) < 4.78 is 0. The fourth-order valence-corrected chi connectivity index (χ4v) is 6.10. The van der Waals surface area contributed by atoms with E-state index in [2.05, 4.69) is 0 Å². The van der Waals surface area contributed by atoms with Crippen LogP contribution in [0.4, 0.5) is 0 Å². The van der Waals surface area contributed by atoms with Crippen LogP contribution in [0.15, 0.2) is 121 Å². The Morgan fingerprint density at radius 2 is 0.706 bits per heavy atom. The van der Waals surface area contributed by atoms with E-state index in [1.807, 2.05) is 121 Å². The highest BCUT2D eigenvalue weighted by molar-refractivity contribution is 5.99. The summed E-state index contributed by atoms with van der Waals surface area (Å²) in [5.41, 5.74) is -0.531. The molecule has 34 heavy (non-hydrogen) atoms. The fraction of sp³-hybridized carbons (Fsp3) is 0.0625. The predicted molar refractivity (Wildman–Crippen MR) is 138 cm³/mol. The first-order valence-electron chi connectivity index (χ1n) is 11.6. The average Bonchev–Trinajstić information content (AvgIpc) is 3.10. The monoisotopic (exact) mass is 438 g/mol. The average molecular weight is 439 g/mol. The number of rotatable bonds is 2. The van der Waals surface area contributed by atoms with Gasteiger partial charge in [-0.2, -0.15) is 0 Å². The van der Waals surface area contributed by atoms with Gasteiger partial charge in [-0.25, -0.2) is 0 Å². The first kappa shape index (κ1) is 19.5. The van der Waals surface area contributed by atoms with Crippen LogP contribution in [0.2, 0.25) is 0 Å². The van der Waals surface area contributed by atoms with Crippen LogP contribution in [0.5, 0.6) is 0 Å². The van der Waals surface area contributed by atoms with Gasteiger partial charge < -0.3 is 10.2 Å². The molecule has 2 atom stereocenters. The standard InChI is InChI=1S/C32H22O2/c33-31(26-17-5-11-21-9-1-3-15-24(21)26)28-19-7-13-23-14-8-20-29(30(23)28)32(31,34)27-18-6-12-22-10-2-4-16-25(22)27/h1-20,33-34H/t31-,32-/m0/s1. The lowest BCUT2D eigenvalue weighted by Gasteiger charge is -2.41. The van der Waals surface area contributed by atoms with Gasteiger partial charge in [-0.05, 0) is 54.6 Å². The molecule has 0 spiro atoms. The molecule has 0 heterocycles. The van der Waals surface area contributed by atoms with Gasteiger partial charge in [0, 0.05) is 0 Å². The van der Waals surface area contributed by atoms with Crippen LogP contribution >= 0.6 is 0 Å².